The molecule has 0 unspecified atom stereocenters. The van der Waals surface area contributed by atoms with Crippen LogP contribution in [0.2, 0.25) is 0 Å². The van der Waals surface area contributed by atoms with Crippen LogP contribution in [0, 0.1) is 5.92 Å². The zero-order valence-corrected chi connectivity index (χ0v) is 14.3. The standard InChI is InChI=1S/C14H20BrF3N2S/c1-20(7-10-6-12(15)21-8-10)13(9-19)4-2-11(3-5-13)14(16,17)18/h6,8,11H,2-5,7,9,19H2,1H3. The third-order valence-corrected chi connectivity index (χ3v) is 6.16. The molecular formula is C14H20BrF3N2S. The van der Waals surface area contributed by atoms with Gasteiger partial charge in [0.15, 0.2) is 0 Å². The van der Waals surface area contributed by atoms with Crippen molar-refractivity contribution in [3.05, 3.63) is 20.8 Å². The van der Waals surface area contributed by atoms with Gasteiger partial charge in [-0.2, -0.15) is 13.2 Å². The zero-order valence-electron chi connectivity index (χ0n) is 11.9. The lowest BCUT2D eigenvalue weighted by atomic mass is 9.75. The minimum Gasteiger partial charge on any atom is -0.329 e. The van der Waals surface area contributed by atoms with Gasteiger partial charge >= 0.3 is 6.18 Å². The van der Waals surface area contributed by atoms with Crippen LogP contribution in [-0.2, 0) is 6.54 Å². The first kappa shape index (κ1) is 17.2. The van der Waals surface area contributed by atoms with E-state index in [2.05, 4.69) is 26.2 Å². The summed E-state index contributed by atoms with van der Waals surface area (Å²) < 4.78 is 39.5. The van der Waals surface area contributed by atoms with E-state index >= 15 is 0 Å². The fraction of sp³-hybridized carbons (Fsp3) is 0.714. The summed E-state index contributed by atoms with van der Waals surface area (Å²) in [7, 11) is 1.96. The number of nitrogens with zero attached hydrogens (tertiary/aromatic N) is 1. The van der Waals surface area contributed by atoms with Crippen LogP contribution in [0.25, 0.3) is 0 Å². The van der Waals surface area contributed by atoms with E-state index in [1.54, 1.807) is 11.3 Å². The van der Waals surface area contributed by atoms with E-state index in [4.69, 9.17) is 5.73 Å². The summed E-state index contributed by atoms with van der Waals surface area (Å²) >= 11 is 5.04. The van der Waals surface area contributed by atoms with Crippen molar-refractivity contribution in [1.82, 2.24) is 4.90 Å². The van der Waals surface area contributed by atoms with Gasteiger partial charge in [0.1, 0.15) is 0 Å². The lowest BCUT2D eigenvalue weighted by Crippen LogP contribution is -2.54. The van der Waals surface area contributed by atoms with Crippen molar-refractivity contribution >= 4 is 27.3 Å². The van der Waals surface area contributed by atoms with Gasteiger partial charge in [-0.05, 0) is 65.7 Å². The van der Waals surface area contributed by atoms with Gasteiger partial charge in [-0.25, -0.2) is 0 Å². The number of nitrogens with two attached hydrogens (primary N) is 1. The minimum atomic E-state index is -4.07. The highest BCUT2D eigenvalue weighted by Gasteiger charge is 2.46. The fourth-order valence-corrected chi connectivity index (χ4v) is 4.29. The molecule has 2 rings (SSSR count). The Bertz CT molecular complexity index is 467. The molecule has 0 spiro atoms. The second-order valence-corrected chi connectivity index (χ2v) is 8.15. The second kappa shape index (κ2) is 6.56. The molecule has 0 amide bonds. The topological polar surface area (TPSA) is 29.3 Å². The highest BCUT2D eigenvalue weighted by atomic mass is 79.9. The Balaban J connectivity index is 2.02. The predicted molar refractivity (Wildman–Crippen MR) is 83.3 cm³/mol. The largest absolute Gasteiger partial charge is 0.391 e. The summed E-state index contributed by atoms with van der Waals surface area (Å²) in [6, 6.07) is 2.05. The molecule has 1 aromatic heterocycles. The monoisotopic (exact) mass is 384 g/mol. The molecule has 0 saturated heterocycles. The first-order valence-electron chi connectivity index (χ1n) is 6.98. The zero-order chi connectivity index (χ0) is 15.7. The van der Waals surface area contributed by atoms with Crippen molar-refractivity contribution in [2.75, 3.05) is 13.6 Å². The van der Waals surface area contributed by atoms with Crippen molar-refractivity contribution < 1.29 is 13.2 Å². The Morgan fingerprint density at radius 2 is 2.05 bits per heavy atom. The average molecular weight is 385 g/mol. The number of thiophene rings is 1. The van der Waals surface area contributed by atoms with E-state index in [0.717, 1.165) is 10.3 Å². The molecule has 21 heavy (non-hydrogen) atoms. The smallest absolute Gasteiger partial charge is 0.329 e. The number of likely N-dealkylation sites (N-methyl/N-ethyl adjacent to an activating group) is 1. The van der Waals surface area contributed by atoms with Crippen molar-refractivity contribution in [2.45, 2.75) is 43.9 Å². The van der Waals surface area contributed by atoms with Crippen LogP contribution in [0.4, 0.5) is 13.2 Å². The fourth-order valence-electron chi connectivity index (χ4n) is 3.09. The third kappa shape index (κ3) is 4.00. The molecule has 1 aromatic rings. The van der Waals surface area contributed by atoms with Gasteiger partial charge in [-0.1, -0.05) is 0 Å². The van der Waals surface area contributed by atoms with Gasteiger partial charge in [0.05, 0.1) is 9.70 Å². The van der Waals surface area contributed by atoms with Crippen molar-refractivity contribution in [3.63, 3.8) is 0 Å². The molecule has 120 valence electrons. The quantitative estimate of drug-likeness (QED) is 0.833. The number of halogens is 4. The molecule has 2 nitrogen and oxygen atoms in total. The lowest BCUT2D eigenvalue weighted by molar-refractivity contribution is -0.188. The summed E-state index contributed by atoms with van der Waals surface area (Å²) in [5, 5.41) is 2.06. The molecule has 2 N–H and O–H groups in total. The molecule has 1 heterocycles. The third-order valence-electron chi connectivity index (χ3n) is 4.61. The Kier molecular flexibility index (Phi) is 5.39. The number of hydrogen-bond acceptors (Lipinski definition) is 3. The van der Waals surface area contributed by atoms with E-state index < -0.39 is 12.1 Å². The van der Waals surface area contributed by atoms with E-state index in [0.29, 0.717) is 19.4 Å². The van der Waals surface area contributed by atoms with E-state index in [1.807, 2.05) is 13.1 Å². The number of rotatable bonds is 4. The maximum atomic E-state index is 12.8. The van der Waals surface area contributed by atoms with Crippen LogP contribution < -0.4 is 5.73 Å². The molecular weight excluding hydrogens is 365 g/mol. The minimum absolute atomic E-state index is 0.179. The lowest BCUT2D eigenvalue weighted by Gasteiger charge is -2.46. The Hall–Kier alpha value is -0.110. The average Bonchev–Trinajstić information content (AvgIpc) is 2.83. The Morgan fingerprint density at radius 3 is 2.48 bits per heavy atom. The SMILES string of the molecule is CN(Cc1csc(Br)c1)C1(CN)CCC(C(F)(F)F)CC1. The summed E-state index contributed by atoms with van der Waals surface area (Å²) in [6.45, 7) is 1.12. The number of hydrogen-bond donors (Lipinski definition) is 1. The van der Waals surface area contributed by atoms with Crippen LogP contribution in [-0.4, -0.2) is 30.2 Å². The van der Waals surface area contributed by atoms with Crippen molar-refractivity contribution in [2.24, 2.45) is 11.7 Å². The summed E-state index contributed by atoms with van der Waals surface area (Å²) in [6.07, 6.45) is -2.70. The normalized spacial score (nSPS) is 27.3. The van der Waals surface area contributed by atoms with Crippen LogP contribution in [0.15, 0.2) is 15.2 Å². The first-order valence-corrected chi connectivity index (χ1v) is 8.65. The van der Waals surface area contributed by atoms with Crippen LogP contribution in [0.1, 0.15) is 31.2 Å². The Morgan fingerprint density at radius 1 is 1.43 bits per heavy atom. The van der Waals surface area contributed by atoms with Gasteiger partial charge in [-0.3, -0.25) is 4.90 Å². The highest BCUT2D eigenvalue weighted by molar-refractivity contribution is 9.11. The molecule has 1 saturated carbocycles. The van der Waals surface area contributed by atoms with E-state index in [9.17, 15) is 13.2 Å². The molecule has 1 aliphatic carbocycles. The van der Waals surface area contributed by atoms with Gasteiger partial charge in [0, 0.05) is 18.6 Å². The van der Waals surface area contributed by atoms with Crippen LogP contribution in [0.5, 0.6) is 0 Å². The summed E-state index contributed by atoms with van der Waals surface area (Å²) in [4.78, 5) is 2.13. The van der Waals surface area contributed by atoms with Crippen LogP contribution in [0.3, 0.4) is 0 Å². The first-order chi connectivity index (χ1) is 9.77. The van der Waals surface area contributed by atoms with Gasteiger partial charge in [-0.15, -0.1) is 11.3 Å². The molecule has 0 atom stereocenters. The maximum absolute atomic E-state index is 12.8. The molecule has 7 heteroatoms. The van der Waals surface area contributed by atoms with E-state index in [-0.39, 0.29) is 18.4 Å². The van der Waals surface area contributed by atoms with E-state index in [1.165, 1.54) is 5.56 Å². The predicted octanol–water partition coefficient (Wildman–Crippen LogP) is 4.39. The van der Waals surface area contributed by atoms with Crippen LogP contribution >= 0.6 is 27.3 Å². The van der Waals surface area contributed by atoms with Crippen molar-refractivity contribution in [1.29, 1.82) is 0 Å². The molecule has 1 aliphatic rings. The molecule has 0 aromatic carbocycles. The molecule has 0 radical (unpaired) electrons. The highest BCUT2D eigenvalue weighted by Crippen LogP contribution is 2.43. The van der Waals surface area contributed by atoms with Gasteiger partial charge in [0.25, 0.3) is 0 Å². The summed E-state index contributed by atoms with van der Waals surface area (Å²) in [5.41, 5.74) is 6.78. The maximum Gasteiger partial charge on any atom is 0.391 e. The molecule has 1 fully saturated rings. The second-order valence-electron chi connectivity index (χ2n) is 5.86. The van der Waals surface area contributed by atoms with Gasteiger partial charge < -0.3 is 5.73 Å². The Labute approximate surface area is 135 Å². The molecule has 0 bridgehead atoms. The van der Waals surface area contributed by atoms with Gasteiger partial charge in [0.2, 0.25) is 0 Å². The number of alkyl halides is 3. The van der Waals surface area contributed by atoms with Crippen molar-refractivity contribution in [3.8, 4) is 0 Å². The summed E-state index contributed by atoms with van der Waals surface area (Å²) in [5.74, 6) is -1.17. The molecule has 0 aliphatic heterocycles.